The van der Waals surface area contributed by atoms with Gasteiger partial charge in [0.1, 0.15) is 5.76 Å². The van der Waals surface area contributed by atoms with Gasteiger partial charge in [0.2, 0.25) is 0 Å². The lowest BCUT2D eigenvalue weighted by atomic mass is 10.0. The van der Waals surface area contributed by atoms with Crippen LogP contribution in [0.4, 0.5) is 0 Å². The molecule has 0 aromatic carbocycles. The van der Waals surface area contributed by atoms with E-state index in [0.717, 1.165) is 28.2 Å². The van der Waals surface area contributed by atoms with Crippen molar-refractivity contribution < 1.29 is 4.42 Å². The third-order valence-corrected chi connectivity index (χ3v) is 4.09. The molecular formula is C11H19NOS2. The molecule has 0 aliphatic carbocycles. The van der Waals surface area contributed by atoms with Crippen LogP contribution < -0.4 is 0 Å². The van der Waals surface area contributed by atoms with E-state index in [1.54, 1.807) is 11.8 Å². The molecule has 0 aliphatic rings. The number of thioether (sulfide) groups is 1. The van der Waals surface area contributed by atoms with Gasteiger partial charge in [0, 0.05) is 5.75 Å². The number of rotatable bonds is 5. The molecule has 0 bridgehead atoms. The minimum Gasteiger partial charge on any atom is -0.437 e. The van der Waals surface area contributed by atoms with Crippen LogP contribution in [0, 0.1) is 25.7 Å². The van der Waals surface area contributed by atoms with Crippen molar-refractivity contribution >= 4 is 24.4 Å². The maximum atomic E-state index is 5.52. The molecule has 1 rings (SSSR count). The standard InChI is InChI=1S/C11H19NOS2/c1-7(2)10(5-14)6-15-11-12-8(3)9(4)13-11/h7,10,14H,5-6H2,1-4H3. The van der Waals surface area contributed by atoms with Crippen LogP contribution in [0.5, 0.6) is 0 Å². The van der Waals surface area contributed by atoms with Gasteiger partial charge in [0.15, 0.2) is 0 Å². The Morgan fingerprint density at radius 1 is 1.40 bits per heavy atom. The summed E-state index contributed by atoms with van der Waals surface area (Å²) < 4.78 is 5.52. The second-order valence-electron chi connectivity index (χ2n) is 4.12. The van der Waals surface area contributed by atoms with E-state index in [0.29, 0.717) is 11.8 Å². The van der Waals surface area contributed by atoms with Crippen molar-refractivity contribution in [3.8, 4) is 0 Å². The summed E-state index contributed by atoms with van der Waals surface area (Å²) in [5.74, 6) is 4.15. The van der Waals surface area contributed by atoms with Crippen molar-refractivity contribution in [2.45, 2.75) is 32.9 Å². The Kier molecular flexibility index (Phi) is 5.06. The van der Waals surface area contributed by atoms with Gasteiger partial charge >= 0.3 is 0 Å². The smallest absolute Gasteiger partial charge is 0.256 e. The van der Waals surface area contributed by atoms with Gasteiger partial charge in [0.05, 0.1) is 5.69 Å². The normalized spacial score (nSPS) is 13.5. The van der Waals surface area contributed by atoms with E-state index in [1.807, 2.05) is 13.8 Å². The van der Waals surface area contributed by atoms with Crippen molar-refractivity contribution in [1.29, 1.82) is 0 Å². The van der Waals surface area contributed by atoms with Gasteiger partial charge in [-0.2, -0.15) is 12.6 Å². The second-order valence-corrected chi connectivity index (χ2v) is 5.46. The molecule has 15 heavy (non-hydrogen) atoms. The summed E-state index contributed by atoms with van der Waals surface area (Å²) in [6.07, 6.45) is 0. The molecule has 1 unspecified atom stereocenters. The molecule has 0 saturated heterocycles. The van der Waals surface area contributed by atoms with Crippen LogP contribution in [0.15, 0.2) is 9.64 Å². The summed E-state index contributed by atoms with van der Waals surface area (Å²) in [6, 6.07) is 0. The van der Waals surface area contributed by atoms with Gasteiger partial charge in [-0.3, -0.25) is 0 Å². The molecule has 0 amide bonds. The first-order chi connectivity index (χ1) is 7.04. The predicted molar refractivity (Wildman–Crippen MR) is 68.9 cm³/mol. The molecule has 1 aromatic rings. The Morgan fingerprint density at radius 2 is 2.07 bits per heavy atom. The molecule has 0 radical (unpaired) electrons. The molecule has 0 spiro atoms. The summed E-state index contributed by atoms with van der Waals surface area (Å²) in [6.45, 7) is 8.38. The van der Waals surface area contributed by atoms with Gasteiger partial charge in [-0.25, -0.2) is 4.98 Å². The first-order valence-electron chi connectivity index (χ1n) is 5.22. The van der Waals surface area contributed by atoms with Crippen molar-refractivity contribution in [3.05, 3.63) is 11.5 Å². The Morgan fingerprint density at radius 3 is 2.47 bits per heavy atom. The van der Waals surface area contributed by atoms with Crippen molar-refractivity contribution in [2.24, 2.45) is 11.8 Å². The first kappa shape index (κ1) is 13.0. The van der Waals surface area contributed by atoms with E-state index in [-0.39, 0.29) is 0 Å². The lowest BCUT2D eigenvalue weighted by Crippen LogP contribution is -2.13. The Balaban J connectivity index is 2.49. The molecule has 0 saturated carbocycles. The quantitative estimate of drug-likeness (QED) is 0.634. The zero-order valence-electron chi connectivity index (χ0n) is 9.78. The molecule has 0 aliphatic heterocycles. The fourth-order valence-electron chi connectivity index (χ4n) is 1.14. The number of hydrogen-bond acceptors (Lipinski definition) is 4. The molecule has 1 aromatic heterocycles. The van der Waals surface area contributed by atoms with E-state index < -0.39 is 0 Å². The van der Waals surface area contributed by atoms with Crippen molar-refractivity contribution in [1.82, 2.24) is 4.98 Å². The van der Waals surface area contributed by atoms with Crippen LogP contribution in [0.25, 0.3) is 0 Å². The third-order valence-electron chi connectivity index (χ3n) is 2.61. The van der Waals surface area contributed by atoms with E-state index in [4.69, 9.17) is 4.42 Å². The fraction of sp³-hybridized carbons (Fsp3) is 0.727. The first-order valence-corrected chi connectivity index (χ1v) is 6.84. The summed E-state index contributed by atoms with van der Waals surface area (Å²) in [5, 5.41) is 0.789. The van der Waals surface area contributed by atoms with Gasteiger partial charge in [-0.15, -0.1) is 0 Å². The second kappa shape index (κ2) is 5.85. The molecule has 1 atom stereocenters. The average Bonchev–Trinajstić information content (AvgIpc) is 2.47. The SMILES string of the molecule is Cc1nc(SCC(CS)C(C)C)oc1C. The monoisotopic (exact) mass is 245 g/mol. The van der Waals surface area contributed by atoms with Crippen LogP contribution in [0.1, 0.15) is 25.3 Å². The maximum Gasteiger partial charge on any atom is 0.256 e. The predicted octanol–water partition coefficient (Wildman–Crippen LogP) is 3.59. The highest BCUT2D eigenvalue weighted by Crippen LogP contribution is 2.25. The summed E-state index contributed by atoms with van der Waals surface area (Å²) in [7, 11) is 0. The van der Waals surface area contributed by atoms with E-state index in [2.05, 4.69) is 31.5 Å². The Labute approximate surface area is 102 Å². The maximum absolute atomic E-state index is 5.52. The van der Waals surface area contributed by atoms with Crippen molar-refractivity contribution in [2.75, 3.05) is 11.5 Å². The largest absolute Gasteiger partial charge is 0.437 e. The zero-order chi connectivity index (χ0) is 11.4. The number of aromatic nitrogens is 1. The van der Waals surface area contributed by atoms with Gasteiger partial charge in [-0.05, 0) is 31.4 Å². The molecule has 2 nitrogen and oxygen atoms in total. The minimum atomic E-state index is 0.617. The van der Waals surface area contributed by atoms with E-state index in [9.17, 15) is 0 Å². The highest BCUT2D eigenvalue weighted by molar-refractivity contribution is 7.99. The molecule has 4 heteroatoms. The number of thiol groups is 1. The van der Waals surface area contributed by atoms with Crippen LogP contribution >= 0.6 is 24.4 Å². The van der Waals surface area contributed by atoms with Gasteiger partial charge in [-0.1, -0.05) is 25.6 Å². The highest BCUT2D eigenvalue weighted by atomic mass is 32.2. The van der Waals surface area contributed by atoms with Crippen LogP contribution in [-0.2, 0) is 0 Å². The molecule has 0 N–H and O–H groups in total. The Hall–Kier alpha value is -0.0900. The lowest BCUT2D eigenvalue weighted by molar-refractivity contribution is 0.427. The average molecular weight is 245 g/mol. The Bertz CT molecular complexity index is 290. The third kappa shape index (κ3) is 3.76. The summed E-state index contributed by atoms with van der Waals surface area (Å²) in [4.78, 5) is 4.35. The molecule has 0 fully saturated rings. The minimum absolute atomic E-state index is 0.617. The zero-order valence-corrected chi connectivity index (χ0v) is 11.5. The summed E-state index contributed by atoms with van der Waals surface area (Å²) in [5.41, 5.74) is 0.990. The number of hydrogen-bond donors (Lipinski definition) is 1. The number of oxazole rings is 1. The number of aryl methyl sites for hydroxylation is 2. The van der Waals surface area contributed by atoms with Crippen LogP contribution in [0.3, 0.4) is 0 Å². The van der Waals surface area contributed by atoms with Gasteiger partial charge in [0.25, 0.3) is 5.22 Å². The topological polar surface area (TPSA) is 26.0 Å². The number of nitrogens with zero attached hydrogens (tertiary/aromatic N) is 1. The fourth-order valence-corrected chi connectivity index (χ4v) is 3.11. The lowest BCUT2D eigenvalue weighted by Gasteiger charge is -2.16. The highest BCUT2D eigenvalue weighted by Gasteiger charge is 2.14. The van der Waals surface area contributed by atoms with Crippen LogP contribution in [-0.4, -0.2) is 16.5 Å². The van der Waals surface area contributed by atoms with E-state index >= 15 is 0 Å². The van der Waals surface area contributed by atoms with Gasteiger partial charge < -0.3 is 4.42 Å². The van der Waals surface area contributed by atoms with Crippen molar-refractivity contribution in [3.63, 3.8) is 0 Å². The summed E-state index contributed by atoms with van der Waals surface area (Å²) >= 11 is 6.05. The molecule has 86 valence electrons. The molecular weight excluding hydrogens is 226 g/mol. The molecule has 1 heterocycles. The van der Waals surface area contributed by atoms with Crippen LogP contribution in [0.2, 0.25) is 0 Å². The van der Waals surface area contributed by atoms with E-state index in [1.165, 1.54) is 0 Å².